The SMILES string of the molecule is CCCOC(=O)c1c2ccccc2n2cc(OC(C)CS(C)(=O)=O)ccc12. The molecule has 1 atom stereocenters. The third kappa shape index (κ3) is 4.24. The van der Waals surface area contributed by atoms with Gasteiger partial charge in [0, 0.05) is 11.6 Å². The number of rotatable bonds is 7. The van der Waals surface area contributed by atoms with Gasteiger partial charge in [-0.3, -0.25) is 0 Å². The highest BCUT2D eigenvalue weighted by Crippen LogP contribution is 2.29. The zero-order valence-electron chi connectivity index (χ0n) is 15.6. The van der Waals surface area contributed by atoms with Gasteiger partial charge in [-0.1, -0.05) is 25.1 Å². The monoisotopic (exact) mass is 389 g/mol. The fraction of sp³-hybridized carbons (Fsp3) is 0.350. The number of sulfone groups is 1. The number of aromatic nitrogens is 1. The van der Waals surface area contributed by atoms with E-state index in [1.165, 1.54) is 6.26 Å². The molecule has 0 spiro atoms. The van der Waals surface area contributed by atoms with Crippen molar-refractivity contribution >= 4 is 32.2 Å². The van der Waals surface area contributed by atoms with Crippen LogP contribution in [0.2, 0.25) is 0 Å². The molecular formula is C20H23NO5S. The number of nitrogens with zero attached hydrogens (tertiary/aromatic N) is 1. The van der Waals surface area contributed by atoms with Gasteiger partial charge >= 0.3 is 5.97 Å². The molecule has 0 saturated heterocycles. The van der Waals surface area contributed by atoms with Crippen molar-refractivity contribution in [2.75, 3.05) is 18.6 Å². The van der Waals surface area contributed by atoms with Crippen LogP contribution >= 0.6 is 0 Å². The van der Waals surface area contributed by atoms with Gasteiger partial charge in [0.2, 0.25) is 0 Å². The van der Waals surface area contributed by atoms with Gasteiger partial charge in [-0.05, 0) is 31.5 Å². The maximum absolute atomic E-state index is 12.6. The summed E-state index contributed by atoms with van der Waals surface area (Å²) in [6.07, 6.45) is 3.23. The number of hydrogen-bond donors (Lipinski definition) is 0. The number of fused-ring (bicyclic) bond motifs is 3. The number of pyridine rings is 1. The van der Waals surface area contributed by atoms with Crippen LogP contribution in [0.5, 0.6) is 5.75 Å². The molecule has 1 aromatic carbocycles. The fourth-order valence-electron chi connectivity index (χ4n) is 3.16. The lowest BCUT2D eigenvalue weighted by Gasteiger charge is -2.14. The van der Waals surface area contributed by atoms with Crippen molar-refractivity contribution in [3.63, 3.8) is 0 Å². The Morgan fingerprint density at radius 1 is 1.15 bits per heavy atom. The average Bonchev–Trinajstić information content (AvgIpc) is 2.92. The molecule has 1 unspecified atom stereocenters. The Morgan fingerprint density at radius 3 is 2.59 bits per heavy atom. The van der Waals surface area contributed by atoms with Gasteiger partial charge < -0.3 is 13.9 Å². The first-order valence-corrected chi connectivity index (χ1v) is 10.9. The minimum Gasteiger partial charge on any atom is -0.488 e. The number of benzene rings is 1. The fourth-order valence-corrected chi connectivity index (χ4v) is 4.08. The Morgan fingerprint density at radius 2 is 1.89 bits per heavy atom. The molecule has 2 aromatic heterocycles. The third-order valence-electron chi connectivity index (χ3n) is 4.13. The summed E-state index contributed by atoms with van der Waals surface area (Å²) in [5.74, 6) is 0.119. The lowest BCUT2D eigenvalue weighted by atomic mass is 10.1. The van der Waals surface area contributed by atoms with Gasteiger partial charge in [-0.25, -0.2) is 13.2 Å². The van der Waals surface area contributed by atoms with Crippen molar-refractivity contribution in [2.24, 2.45) is 0 Å². The zero-order valence-corrected chi connectivity index (χ0v) is 16.5. The molecule has 0 amide bonds. The summed E-state index contributed by atoms with van der Waals surface area (Å²) in [7, 11) is -3.13. The smallest absolute Gasteiger partial charge is 0.340 e. The molecule has 0 saturated carbocycles. The quantitative estimate of drug-likeness (QED) is 0.579. The van der Waals surface area contributed by atoms with Crippen molar-refractivity contribution < 1.29 is 22.7 Å². The van der Waals surface area contributed by atoms with Crippen LogP contribution in [0, 0.1) is 0 Å². The summed E-state index contributed by atoms with van der Waals surface area (Å²) in [4.78, 5) is 12.6. The van der Waals surface area contributed by atoms with Crippen LogP contribution in [0.25, 0.3) is 16.4 Å². The molecular weight excluding hydrogens is 366 g/mol. The second kappa shape index (κ2) is 7.60. The van der Waals surface area contributed by atoms with Gasteiger partial charge in [0.25, 0.3) is 0 Å². The minimum absolute atomic E-state index is 0.0634. The van der Waals surface area contributed by atoms with E-state index in [0.29, 0.717) is 17.9 Å². The van der Waals surface area contributed by atoms with Crippen molar-refractivity contribution in [1.29, 1.82) is 0 Å². The predicted octanol–water partition coefficient (Wildman–Crippen LogP) is 3.47. The van der Waals surface area contributed by atoms with E-state index in [4.69, 9.17) is 9.47 Å². The van der Waals surface area contributed by atoms with Crippen molar-refractivity contribution in [3.8, 4) is 5.75 Å². The summed E-state index contributed by atoms with van der Waals surface area (Å²) in [5, 5.41) is 0.805. The lowest BCUT2D eigenvalue weighted by molar-refractivity contribution is 0.0509. The maximum atomic E-state index is 12.6. The minimum atomic E-state index is -3.13. The molecule has 7 heteroatoms. The van der Waals surface area contributed by atoms with Gasteiger partial charge in [0.05, 0.1) is 35.2 Å². The van der Waals surface area contributed by atoms with Crippen molar-refractivity contribution in [2.45, 2.75) is 26.4 Å². The Kier molecular flexibility index (Phi) is 5.41. The average molecular weight is 389 g/mol. The largest absolute Gasteiger partial charge is 0.488 e. The predicted molar refractivity (Wildman–Crippen MR) is 105 cm³/mol. The normalized spacial score (nSPS) is 13.0. The first kappa shape index (κ1) is 19.2. The highest BCUT2D eigenvalue weighted by atomic mass is 32.2. The Balaban J connectivity index is 2.04. The number of esters is 1. The standard InChI is InChI=1S/C20H23NO5S/c1-4-11-25-20(22)19-16-7-5-6-8-17(16)21-12-15(9-10-18(19)21)26-14(2)13-27(3,23)24/h5-10,12,14H,4,11,13H2,1-3H3. The van der Waals surface area contributed by atoms with Crippen LogP contribution < -0.4 is 4.74 Å². The molecule has 3 rings (SSSR count). The molecule has 0 radical (unpaired) electrons. The van der Waals surface area contributed by atoms with Gasteiger partial charge in [0.1, 0.15) is 11.9 Å². The van der Waals surface area contributed by atoms with Gasteiger partial charge in [0.15, 0.2) is 9.84 Å². The second-order valence-corrected chi connectivity index (χ2v) is 8.85. The van der Waals surface area contributed by atoms with Crippen LogP contribution in [0.4, 0.5) is 0 Å². The molecule has 27 heavy (non-hydrogen) atoms. The molecule has 3 aromatic rings. The first-order valence-electron chi connectivity index (χ1n) is 8.84. The molecule has 2 heterocycles. The Labute approximate surface area is 158 Å². The van der Waals surface area contributed by atoms with Crippen LogP contribution in [-0.4, -0.2) is 43.5 Å². The van der Waals surface area contributed by atoms with Crippen molar-refractivity contribution in [3.05, 3.63) is 48.2 Å². The summed E-state index contributed by atoms with van der Waals surface area (Å²) in [5.41, 5.74) is 2.10. The van der Waals surface area contributed by atoms with Crippen LogP contribution in [0.3, 0.4) is 0 Å². The highest BCUT2D eigenvalue weighted by Gasteiger charge is 2.20. The molecule has 144 valence electrons. The summed E-state index contributed by atoms with van der Waals surface area (Å²) >= 11 is 0. The summed E-state index contributed by atoms with van der Waals surface area (Å²) in [6, 6.07) is 11.1. The van der Waals surface area contributed by atoms with E-state index >= 15 is 0 Å². The van der Waals surface area contributed by atoms with Gasteiger partial charge in [-0.15, -0.1) is 0 Å². The van der Waals surface area contributed by atoms with Crippen LogP contribution in [-0.2, 0) is 14.6 Å². The van der Waals surface area contributed by atoms with E-state index in [2.05, 4.69) is 0 Å². The van der Waals surface area contributed by atoms with Crippen LogP contribution in [0.15, 0.2) is 42.6 Å². The molecule has 6 nitrogen and oxygen atoms in total. The van der Waals surface area contributed by atoms with Crippen molar-refractivity contribution in [1.82, 2.24) is 4.40 Å². The number of ether oxygens (including phenoxy) is 2. The highest BCUT2D eigenvalue weighted by molar-refractivity contribution is 7.90. The second-order valence-electron chi connectivity index (χ2n) is 6.67. The molecule has 0 aliphatic rings. The Hall–Kier alpha value is -2.54. The van der Waals surface area contributed by atoms with E-state index in [-0.39, 0.29) is 11.7 Å². The van der Waals surface area contributed by atoms with E-state index in [0.717, 1.165) is 22.8 Å². The summed E-state index contributed by atoms with van der Waals surface area (Å²) < 4.78 is 35.9. The zero-order chi connectivity index (χ0) is 19.6. The van der Waals surface area contributed by atoms with E-state index in [1.807, 2.05) is 35.6 Å². The van der Waals surface area contributed by atoms with Crippen LogP contribution in [0.1, 0.15) is 30.6 Å². The van der Waals surface area contributed by atoms with Gasteiger partial charge in [-0.2, -0.15) is 0 Å². The third-order valence-corrected chi connectivity index (χ3v) is 5.20. The maximum Gasteiger partial charge on any atom is 0.340 e. The number of carbonyl (C=O) groups excluding carboxylic acids is 1. The Bertz CT molecular complexity index is 1080. The first-order chi connectivity index (χ1) is 12.8. The summed E-state index contributed by atoms with van der Waals surface area (Å²) in [6.45, 7) is 4.03. The molecule has 0 aliphatic heterocycles. The number of hydrogen-bond acceptors (Lipinski definition) is 5. The molecule has 0 fully saturated rings. The topological polar surface area (TPSA) is 74.1 Å². The lowest BCUT2D eigenvalue weighted by Crippen LogP contribution is -2.22. The van der Waals surface area contributed by atoms with E-state index < -0.39 is 15.9 Å². The molecule has 0 bridgehead atoms. The number of carbonyl (C=O) groups is 1. The molecule has 0 N–H and O–H groups in total. The molecule has 0 aliphatic carbocycles. The van der Waals surface area contributed by atoms with E-state index in [1.54, 1.807) is 25.3 Å². The van der Waals surface area contributed by atoms with E-state index in [9.17, 15) is 13.2 Å². The number of para-hydroxylation sites is 1.